The Hall–Kier alpha value is -1.16. The molecule has 1 aromatic rings. The molecule has 1 aliphatic heterocycles. The Balaban J connectivity index is 1.76. The van der Waals surface area contributed by atoms with Crippen LogP contribution in [0.1, 0.15) is 18.3 Å². The van der Waals surface area contributed by atoms with Crippen LogP contribution in [0, 0.1) is 5.92 Å². The molecule has 0 radical (unpaired) electrons. The molecule has 0 spiro atoms. The maximum Gasteiger partial charge on any atom is 0.184 e. The van der Waals surface area contributed by atoms with Gasteiger partial charge in [0.1, 0.15) is 0 Å². The Kier molecular flexibility index (Phi) is 2.74. The highest BCUT2D eigenvalue weighted by Crippen LogP contribution is 2.40. The third-order valence-corrected chi connectivity index (χ3v) is 3.61. The van der Waals surface area contributed by atoms with E-state index in [2.05, 4.69) is 6.58 Å². The standard InChI is InChI=1S/C14H16O3/c1-9-11-8-16-14(10-5-3-2-4-6-10)17-13(11)7-12(9)15/h2-6,11-15H,1,7-8H2/t11-,12+,13-,14?/m0/s1. The second kappa shape index (κ2) is 4.26. The predicted molar refractivity (Wildman–Crippen MR) is 63.3 cm³/mol. The molecule has 3 heteroatoms. The van der Waals surface area contributed by atoms with Gasteiger partial charge in [0.05, 0.1) is 18.8 Å². The van der Waals surface area contributed by atoms with Crippen LogP contribution in [-0.4, -0.2) is 23.9 Å². The summed E-state index contributed by atoms with van der Waals surface area (Å²) in [5, 5.41) is 9.75. The fraction of sp³-hybridized carbons (Fsp3) is 0.429. The van der Waals surface area contributed by atoms with E-state index in [1.54, 1.807) is 0 Å². The predicted octanol–water partition coefficient (Wildman–Crippen LogP) is 2.04. The maximum atomic E-state index is 9.75. The summed E-state index contributed by atoms with van der Waals surface area (Å²) < 4.78 is 11.6. The number of aliphatic hydroxyl groups is 1. The number of hydrogen-bond acceptors (Lipinski definition) is 3. The molecular weight excluding hydrogens is 216 g/mol. The molecule has 0 amide bonds. The van der Waals surface area contributed by atoms with E-state index >= 15 is 0 Å². The molecule has 90 valence electrons. The van der Waals surface area contributed by atoms with E-state index in [-0.39, 0.29) is 18.3 Å². The summed E-state index contributed by atoms with van der Waals surface area (Å²) in [5.74, 6) is 0.143. The van der Waals surface area contributed by atoms with Gasteiger partial charge in [-0.25, -0.2) is 0 Å². The second-order valence-corrected chi connectivity index (χ2v) is 4.68. The zero-order valence-corrected chi connectivity index (χ0v) is 9.58. The first-order chi connectivity index (χ1) is 8.25. The SMILES string of the molecule is C=C1[C@H](O)C[C@@H]2OC(c3ccccc3)OC[C@@H]12. The summed E-state index contributed by atoms with van der Waals surface area (Å²) in [6.45, 7) is 4.49. The molecule has 1 unspecified atom stereocenters. The molecule has 3 nitrogen and oxygen atoms in total. The molecule has 3 rings (SSSR count). The van der Waals surface area contributed by atoms with Gasteiger partial charge in [-0.3, -0.25) is 0 Å². The van der Waals surface area contributed by atoms with Crippen LogP contribution in [0.3, 0.4) is 0 Å². The van der Waals surface area contributed by atoms with Crippen molar-refractivity contribution in [2.45, 2.75) is 24.9 Å². The van der Waals surface area contributed by atoms with Crippen LogP contribution in [0.4, 0.5) is 0 Å². The summed E-state index contributed by atoms with van der Waals surface area (Å²) in [4.78, 5) is 0. The molecule has 0 aromatic heterocycles. The molecule has 0 bridgehead atoms. The van der Waals surface area contributed by atoms with Crippen molar-refractivity contribution < 1.29 is 14.6 Å². The van der Waals surface area contributed by atoms with Crippen molar-refractivity contribution in [2.75, 3.05) is 6.61 Å². The van der Waals surface area contributed by atoms with Crippen LogP contribution < -0.4 is 0 Å². The molecule has 1 heterocycles. The molecule has 2 fully saturated rings. The minimum atomic E-state index is -0.442. The fourth-order valence-corrected chi connectivity index (χ4v) is 2.56. The van der Waals surface area contributed by atoms with Gasteiger partial charge in [-0.1, -0.05) is 36.9 Å². The molecule has 1 saturated carbocycles. The third-order valence-electron chi connectivity index (χ3n) is 3.61. The van der Waals surface area contributed by atoms with Crippen molar-refractivity contribution in [3.05, 3.63) is 48.0 Å². The van der Waals surface area contributed by atoms with Crippen molar-refractivity contribution in [1.82, 2.24) is 0 Å². The number of ether oxygens (including phenoxy) is 2. The van der Waals surface area contributed by atoms with E-state index in [1.165, 1.54) is 0 Å². The number of hydrogen-bond donors (Lipinski definition) is 1. The molecule has 4 atom stereocenters. The van der Waals surface area contributed by atoms with E-state index in [9.17, 15) is 5.11 Å². The second-order valence-electron chi connectivity index (χ2n) is 4.68. The maximum absolute atomic E-state index is 9.75. The van der Waals surface area contributed by atoms with Gasteiger partial charge in [-0.05, 0) is 5.57 Å². The first-order valence-electron chi connectivity index (χ1n) is 5.94. The molecular formula is C14H16O3. The lowest BCUT2D eigenvalue weighted by Crippen LogP contribution is -2.32. The van der Waals surface area contributed by atoms with Gasteiger partial charge in [0.25, 0.3) is 0 Å². The minimum absolute atomic E-state index is 0.0384. The van der Waals surface area contributed by atoms with Crippen LogP contribution in [-0.2, 0) is 9.47 Å². The highest BCUT2D eigenvalue weighted by molar-refractivity contribution is 5.20. The Morgan fingerprint density at radius 3 is 2.76 bits per heavy atom. The van der Waals surface area contributed by atoms with E-state index in [0.717, 1.165) is 11.1 Å². The number of aliphatic hydroxyl groups excluding tert-OH is 1. The van der Waals surface area contributed by atoms with Gasteiger partial charge in [0.2, 0.25) is 0 Å². The average molecular weight is 232 g/mol. The van der Waals surface area contributed by atoms with E-state index in [1.807, 2.05) is 30.3 Å². The summed E-state index contributed by atoms with van der Waals surface area (Å²) in [5.41, 5.74) is 1.87. The summed E-state index contributed by atoms with van der Waals surface area (Å²) in [7, 11) is 0. The zero-order chi connectivity index (χ0) is 11.8. The summed E-state index contributed by atoms with van der Waals surface area (Å²) in [6, 6.07) is 9.89. The highest BCUT2D eigenvalue weighted by Gasteiger charge is 2.42. The van der Waals surface area contributed by atoms with Crippen molar-refractivity contribution in [3.63, 3.8) is 0 Å². The number of benzene rings is 1. The Bertz CT molecular complexity index is 415. The van der Waals surface area contributed by atoms with Gasteiger partial charge in [0, 0.05) is 17.9 Å². The molecule has 1 N–H and O–H groups in total. The molecule has 17 heavy (non-hydrogen) atoms. The van der Waals surface area contributed by atoms with E-state index in [4.69, 9.17) is 9.47 Å². The van der Waals surface area contributed by atoms with E-state index in [0.29, 0.717) is 13.0 Å². The summed E-state index contributed by atoms with van der Waals surface area (Å²) >= 11 is 0. The van der Waals surface area contributed by atoms with Crippen LogP contribution in [0.2, 0.25) is 0 Å². The topological polar surface area (TPSA) is 38.7 Å². The minimum Gasteiger partial charge on any atom is -0.389 e. The van der Waals surface area contributed by atoms with Gasteiger partial charge in [-0.2, -0.15) is 0 Å². The first kappa shape index (κ1) is 11.0. The van der Waals surface area contributed by atoms with Crippen molar-refractivity contribution in [2.24, 2.45) is 5.92 Å². The smallest absolute Gasteiger partial charge is 0.184 e. The normalized spacial score (nSPS) is 36.9. The van der Waals surface area contributed by atoms with Crippen LogP contribution in [0.25, 0.3) is 0 Å². The largest absolute Gasteiger partial charge is 0.389 e. The fourth-order valence-electron chi connectivity index (χ4n) is 2.56. The van der Waals surface area contributed by atoms with Crippen LogP contribution in [0.5, 0.6) is 0 Å². The molecule has 2 aliphatic rings. The lowest BCUT2D eigenvalue weighted by atomic mass is 10.0. The molecule has 1 saturated heterocycles. The number of rotatable bonds is 1. The monoisotopic (exact) mass is 232 g/mol. The van der Waals surface area contributed by atoms with Gasteiger partial charge < -0.3 is 14.6 Å². The third kappa shape index (κ3) is 1.90. The molecule has 1 aliphatic carbocycles. The van der Waals surface area contributed by atoms with Crippen LogP contribution >= 0.6 is 0 Å². The van der Waals surface area contributed by atoms with Gasteiger partial charge >= 0.3 is 0 Å². The number of fused-ring (bicyclic) bond motifs is 1. The van der Waals surface area contributed by atoms with E-state index < -0.39 is 6.10 Å². The van der Waals surface area contributed by atoms with Crippen molar-refractivity contribution >= 4 is 0 Å². The highest BCUT2D eigenvalue weighted by atomic mass is 16.7. The lowest BCUT2D eigenvalue weighted by Gasteiger charge is -2.32. The quantitative estimate of drug-likeness (QED) is 0.753. The molecule has 1 aromatic carbocycles. The Morgan fingerprint density at radius 2 is 2.00 bits per heavy atom. The van der Waals surface area contributed by atoms with Gasteiger partial charge in [-0.15, -0.1) is 0 Å². The zero-order valence-electron chi connectivity index (χ0n) is 9.58. The first-order valence-corrected chi connectivity index (χ1v) is 5.94. The Morgan fingerprint density at radius 1 is 1.24 bits per heavy atom. The Labute approximate surface area is 101 Å². The average Bonchev–Trinajstić information content (AvgIpc) is 2.66. The van der Waals surface area contributed by atoms with Crippen molar-refractivity contribution in [1.29, 1.82) is 0 Å². The van der Waals surface area contributed by atoms with Crippen molar-refractivity contribution in [3.8, 4) is 0 Å². The summed E-state index contributed by atoms with van der Waals surface area (Å²) in [6.07, 6.45) is -0.0777. The van der Waals surface area contributed by atoms with Gasteiger partial charge in [0.15, 0.2) is 6.29 Å². The lowest BCUT2D eigenvalue weighted by molar-refractivity contribution is -0.230. The van der Waals surface area contributed by atoms with Crippen LogP contribution in [0.15, 0.2) is 42.5 Å².